The number of nitrogens with zero attached hydrogens (tertiary/aromatic N) is 2. The third-order valence-corrected chi connectivity index (χ3v) is 2.53. The van der Waals surface area contributed by atoms with E-state index in [0.717, 1.165) is 19.4 Å². The standard InChI is InChI=1S/C11H17N3O/c1-3-9(4-2)5-14-11(15)10-6-12-8-13-7-10/h6-9H,3-5H2,1-2H3,(H,14,15). The van der Waals surface area contributed by atoms with Crippen molar-refractivity contribution >= 4 is 5.91 Å². The summed E-state index contributed by atoms with van der Waals surface area (Å²) < 4.78 is 0. The van der Waals surface area contributed by atoms with E-state index < -0.39 is 0 Å². The van der Waals surface area contributed by atoms with Crippen molar-refractivity contribution in [3.05, 3.63) is 24.3 Å². The van der Waals surface area contributed by atoms with E-state index in [9.17, 15) is 4.79 Å². The van der Waals surface area contributed by atoms with Crippen molar-refractivity contribution in [2.75, 3.05) is 6.54 Å². The van der Waals surface area contributed by atoms with E-state index in [1.54, 1.807) is 0 Å². The van der Waals surface area contributed by atoms with Gasteiger partial charge in [-0.2, -0.15) is 0 Å². The van der Waals surface area contributed by atoms with Gasteiger partial charge in [0.25, 0.3) is 5.91 Å². The summed E-state index contributed by atoms with van der Waals surface area (Å²) >= 11 is 0. The Morgan fingerprint density at radius 3 is 2.47 bits per heavy atom. The van der Waals surface area contributed by atoms with Crippen LogP contribution in [0.3, 0.4) is 0 Å². The highest BCUT2D eigenvalue weighted by Crippen LogP contribution is 2.05. The molecule has 0 radical (unpaired) electrons. The zero-order valence-electron chi connectivity index (χ0n) is 9.23. The molecule has 15 heavy (non-hydrogen) atoms. The van der Waals surface area contributed by atoms with Crippen LogP contribution in [0.25, 0.3) is 0 Å². The molecular weight excluding hydrogens is 190 g/mol. The minimum atomic E-state index is -0.0949. The molecule has 0 spiro atoms. The number of carbonyl (C=O) groups is 1. The highest BCUT2D eigenvalue weighted by molar-refractivity contribution is 5.93. The van der Waals surface area contributed by atoms with Crippen molar-refractivity contribution in [1.29, 1.82) is 0 Å². The molecule has 0 aliphatic carbocycles. The van der Waals surface area contributed by atoms with Gasteiger partial charge in [0.1, 0.15) is 6.33 Å². The summed E-state index contributed by atoms with van der Waals surface area (Å²) in [5.74, 6) is 0.459. The van der Waals surface area contributed by atoms with Gasteiger partial charge in [-0.15, -0.1) is 0 Å². The first-order valence-corrected chi connectivity index (χ1v) is 5.31. The minimum Gasteiger partial charge on any atom is -0.352 e. The molecule has 0 bridgehead atoms. The van der Waals surface area contributed by atoms with E-state index in [0.29, 0.717) is 11.5 Å². The molecular formula is C11H17N3O. The lowest BCUT2D eigenvalue weighted by Crippen LogP contribution is -2.29. The Morgan fingerprint density at radius 1 is 1.33 bits per heavy atom. The van der Waals surface area contributed by atoms with E-state index in [1.807, 2.05) is 0 Å². The highest BCUT2D eigenvalue weighted by atomic mass is 16.1. The van der Waals surface area contributed by atoms with Gasteiger partial charge in [-0.1, -0.05) is 26.7 Å². The number of rotatable bonds is 5. The molecule has 0 fully saturated rings. The molecule has 1 amide bonds. The first-order valence-electron chi connectivity index (χ1n) is 5.31. The maximum absolute atomic E-state index is 11.6. The average Bonchev–Trinajstić information content (AvgIpc) is 2.31. The van der Waals surface area contributed by atoms with Crippen molar-refractivity contribution in [1.82, 2.24) is 15.3 Å². The quantitative estimate of drug-likeness (QED) is 0.798. The van der Waals surface area contributed by atoms with Crippen LogP contribution in [0.4, 0.5) is 0 Å². The normalized spacial score (nSPS) is 10.3. The van der Waals surface area contributed by atoms with E-state index >= 15 is 0 Å². The zero-order valence-corrected chi connectivity index (χ0v) is 9.23. The van der Waals surface area contributed by atoms with Crippen LogP contribution in [-0.4, -0.2) is 22.4 Å². The fourth-order valence-electron chi connectivity index (χ4n) is 1.33. The van der Waals surface area contributed by atoms with Crippen molar-refractivity contribution in [3.63, 3.8) is 0 Å². The number of amides is 1. The summed E-state index contributed by atoms with van der Waals surface area (Å²) in [6.07, 6.45) is 6.63. The molecule has 0 aromatic carbocycles. The molecule has 4 nitrogen and oxygen atoms in total. The van der Waals surface area contributed by atoms with Gasteiger partial charge in [0, 0.05) is 18.9 Å². The number of hydrogen-bond donors (Lipinski definition) is 1. The summed E-state index contributed by atoms with van der Waals surface area (Å²) in [6, 6.07) is 0. The molecule has 1 aromatic rings. The third-order valence-electron chi connectivity index (χ3n) is 2.53. The lowest BCUT2D eigenvalue weighted by Gasteiger charge is -2.12. The summed E-state index contributed by atoms with van der Waals surface area (Å²) in [5.41, 5.74) is 0.517. The van der Waals surface area contributed by atoms with Gasteiger partial charge in [-0.05, 0) is 5.92 Å². The van der Waals surface area contributed by atoms with Gasteiger partial charge in [0.2, 0.25) is 0 Å². The smallest absolute Gasteiger partial charge is 0.254 e. The Labute approximate surface area is 90.1 Å². The third kappa shape index (κ3) is 3.65. The van der Waals surface area contributed by atoms with Crippen molar-refractivity contribution in [3.8, 4) is 0 Å². The monoisotopic (exact) mass is 207 g/mol. The van der Waals surface area contributed by atoms with Gasteiger partial charge < -0.3 is 5.32 Å². The molecule has 1 rings (SSSR count). The Hall–Kier alpha value is -1.45. The average molecular weight is 207 g/mol. The maximum Gasteiger partial charge on any atom is 0.254 e. The fourth-order valence-corrected chi connectivity index (χ4v) is 1.33. The second-order valence-electron chi connectivity index (χ2n) is 3.52. The molecule has 0 unspecified atom stereocenters. The predicted octanol–water partition coefficient (Wildman–Crippen LogP) is 1.64. The first-order chi connectivity index (χ1) is 7.27. The topological polar surface area (TPSA) is 54.9 Å². The lowest BCUT2D eigenvalue weighted by atomic mass is 10.0. The number of hydrogen-bond acceptors (Lipinski definition) is 3. The number of carbonyl (C=O) groups excluding carboxylic acids is 1. The summed E-state index contributed by atoms with van der Waals surface area (Å²) in [7, 11) is 0. The molecule has 1 N–H and O–H groups in total. The minimum absolute atomic E-state index is 0.0949. The van der Waals surface area contributed by atoms with Crippen LogP contribution in [0.1, 0.15) is 37.0 Å². The van der Waals surface area contributed by atoms with Gasteiger partial charge in [-0.3, -0.25) is 4.79 Å². The highest BCUT2D eigenvalue weighted by Gasteiger charge is 2.08. The van der Waals surface area contributed by atoms with Gasteiger partial charge in [-0.25, -0.2) is 9.97 Å². The molecule has 0 saturated heterocycles. The number of aromatic nitrogens is 2. The molecule has 82 valence electrons. The maximum atomic E-state index is 11.6. The summed E-state index contributed by atoms with van der Waals surface area (Å²) in [4.78, 5) is 19.2. The fraction of sp³-hybridized carbons (Fsp3) is 0.545. The zero-order chi connectivity index (χ0) is 11.1. The molecule has 0 aliphatic heterocycles. The van der Waals surface area contributed by atoms with Crippen molar-refractivity contribution in [2.24, 2.45) is 5.92 Å². The molecule has 1 heterocycles. The molecule has 0 atom stereocenters. The molecule has 1 aromatic heterocycles. The number of nitrogens with one attached hydrogen (secondary N) is 1. The second kappa shape index (κ2) is 6.11. The molecule has 4 heteroatoms. The SMILES string of the molecule is CCC(CC)CNC(=O)c1cncnc1. The Balaban J connectivity index is 2.43. The Kier molecular flexibility index (Phi) is 4.74. The van der Waals surface area contributed by atoms with Crippen LogP contribution in [0.2, 0.25) is 0 Å². The van der Waals surface area contributed by atoms with Crippen LogP contribution >= 0.6 is 0 Å². The van der Waals surface area contributed by atoms with Gasteiger partial charge >= 0.3 is 0 Å². The van der Waals surface area contributed by atoms with Gasteiger partial charge in [0.15, 0.2) is 0 Å². The van der Waals surface area contributed by atoms with E-state index in [1.165, 1.54) is 18.7 Å². The lowest BCUT2D eigenvalue weighted by molar-refractivity contribution is 0.0945. The van der Waals surface area contributed by atoms with Crippen LogP contribution in [0, 0.1) is 5.92 Å². The van der Waals surface area contributed by atoms with E-state index in [2.05, 4.69) is 29.1 Å². The first kappa shape index (κ1) is 11.6. The largest absolute Gasteiger partial charge is 0.352 e. The van der Waals surface area contributed by atoms with Gasteiger partial charge in [0.05, 0.1) is 5.56 Å². The second-order valence-corrected chi connectivity index (χ2v) is 3.52. The Bertz CT molecular complexity index is 296. The van der Waals surface area contributed by atoms with Crippen LogP contribution in [0.5, 0.6) is 0 Å². The Morgan fingerprint density at radius 2 is 1.93 bits per heavy atom. The molecule has 0 saturated carbocycles. The van der Waals surface area contributed by atoms with Crippen LogP contribution in [-0.2, 0) is 0 Å². The van der Waals surface area contributed by atoms with Crippen LogP contribution < -0.4 is 5.32 Å². The van der Waals surface area contributed by atoms with E-state index in [-0.39, 0.29) is 5.91 Å². The van der Waals surface area contributed by atoms with Crippen molar-refractivity contribution < 1.29 is 4.79 Å². The molecule has 0 aliphatic rings. The van der Waals surface area contributed by atoms with E-state index in [4.69, 9.17) is 0 Å². The van der Waals surface area contributed by atoms with Crippen LogP contribution in [0.15, 0.2) is 18.7 Å². The van der Waals surface area contributed by atoms with Crippen molar-refractivity contribution in [2.45, 2.75) is 26.7 Å². The summed E-state index contributed by atoms with van der Waals surface area (Å²) in [6.45, 7) is 4.98. The summed E-state index contributed by atoms with van der Waals surface area (Å²) in [5, 5.41) is 2.88. The predicted molar refractivity (Wildman–Crippen MR) is 58.4 cm³/mol.